The summed E-state index contributed by atoms with van der Waals surface area (Å²) >= 11 is 1.72. The van der Waals surface area contributed by atoms with Gasteiger partial charge in [0.1, 0.15) is 12.2 Å². The molecule has 0 bridgehead atoms. The van der Waals surface area contributed by atoms with Crippen molar-refractivity contribution in [2.45, 2.75) is 33.5 Å². The molecule has 0 spiro atoms. The van der Waals surface area contributed by atoms with Crippen molar-refractivity contribution in [3.05, 3.63) is 28.2 Å². The Kier molecular flexibility index (Phi) is 3.63. The van der Waals surface area contributed by atoms with Gasteiger partial charge in [0.2, 0.25) is 0 Å². The molecule has 2 heterocycles. The van der Waals surface area contributed by atoms with Gasteiger partial charge in [-0.05, 0) is 13.8 Å². The van der Waals surface area contributed by atoms with E-state index in [9.17, 15) is 0 Å². The molecule has 0 amide bonds. The number of aryl methyl sites for hydroxylation is 2. The van der Waals surface area contributed by atoms with Crippen LogP contribution in [0.5, 0.6) is 0 Å². The Morgan fingerprint density at radius 1 is 1.38 bits per heavy atom. The quantitative estimate of drug-likeness (QED) is 0.853. The molecule has 0 saturated carbocycles. The first-order chi connectivity index (χ1) is 7.79. The van der Waals surface area contributed by atoms with Crippen molar-refractivity contribution in [3.63, 3.8) is 0 Å². The van der Waals surface area contributed by atoms with E-state index in [4.69, 9.17) is 0 Å². The normalized spacial score (nSPS) is 10.9. The second-order valence-electron chi connectivity index (χ2n) is 3.44. The maximum Gasteiger partial charge on any atom is 0.140 e. The van der Waals surface area contributed by atoms with Crippen LogP contribution in [0.1, 0.15) is 22.6 Å². The molecular weight excluding hydrogens is 222 g/mol. The number of nitrogens with one attached hydrogen (secondary N) is 1. The van der Waals surface area contributed by atoms with Crippen LogP contribution < -0.4 is 5.32 Å². The fraction of sp³-hybridized carbons (Fsp3) is 0.500. The lowest BCUT2D eigenvalue weighted by molar-refractivity contribution is 0.573. The summed E-state index contributed by atoms with van der Waals surface area (Å²) < 4.78 is 1.89. The Hall–Kier alpha value is -1.27. The molecule has 0 aromatic carbocycles. The first-order valence-corrected chi connectivity index (χ1v) is 6.10. The summed E-state index contributed by atoms with van der Waals surface area (Å²) in [4.78, 5) is 9.66. The van der Waals surface area contributed by atoms with Crippen LogP contribution in [0.15, 0.2) is 12.5 Å². The Labute approximate surface area is 98.5 Å². The maximum absolute atomic E-state index is 4.21. The molecule has 6 heteroatoms. The van der Waals surface area contributed by atoms with Crippen LogP contribution in [0.25, 0.3) is 0 Å². The van der Waals surface area contributed by atoms with Gasteiger partial charge in [0.05, 0.1) is 11.6 Å². The summed E-state index contributed by atoms with van der Waals surface area (Å²) in [6.45, 7) is 6.51. The standard InChI is InChI=1S/C10H15N5S/c1-3-15-10(13-7-14-15)6-11-4-9-5-12-8(2)16-9/h5,7,11H,3-4,6H2,1-2H3. The Morgan fingerprint density at radius 2 is 2.25 bits per heavy atom. The summed E-state index contributed by atoms with van der Waals surface area (Å²) in [6, 6.07) is 0. The van der Waals surface area contributed by atoms with Gasteiger partial charge < -0.3 is 5.32 Å². The van der Waals surface area contributed by atoms with Gasteiger partial charge in [0.15, 0.2) is 0 Å². The van der Waals surface area contributed by atoms with Gasteiger partial charge in [-0.1, -0.05) is 0 Å². The molecule has 0 aliphatic carbocycles. The lowest BCUT2D eigenvalue weighted by Crippen LogP contribution is -2.16. The van der Waals surface area contributed by atoms with Crippen molar-refractivity contribution >= 4 is 11.3 Å². The molecule has 16 heavy (non-hydrogen) atoms. The summed E-state index contributed by atoms with van der Waals surface area (Å²) in [5.74, 6) is 0.976. The van der Waals surface area contributed by atoms with Crippen molar-refractivity contribution in [2.75, 3.05) is 0 Å². The van der Waals surface area contributed by atoms with Crippen LogP contribution >= 0.6 is 11.3 Å². The van der Waals surface area contributed by atoms with Gasteiger partial charge in [0.25, 0.3) is 0 Å². The number of hydrogen-bond donors (Lipinski definition) is 1. The summed E-state index contributed by atoms with van der Waals surface area (Å²) in [6.07, 6.45) is 3.51. The lowest BCUT2D eigenvalue weighted by Gasteiger charge is -2.03. The molecule has 5 nitrogen and oxygen atoms in total. The van der Waals surface area contributed by atoms with Gasteiger partial charge >= 0.3 is 0 Å². The van der Waals surface area contributed by atoms with Crippen molar-refractivity contribution in [1.82, 2.24) is 25.1 Å². The largest absolute Gasteiger partial charge is 0.305 e. The van der Waals surface area contributed by atoms with Crippen LogP contribution in [0, 0.1) is 6.92 Å². The minimum absolute atomic E-state index is 0.741. The second kappa shape index (κ2) is 5.18. The fourth-order valence-corrected chi connectivity index (χ4v) is 2.24. The summed E-state index contributed by atoms with van der Waals surface area (Å²) in [7, 11) is 0. The van der Waals surface area contributed by atoms with Crippen LogP contribution in [0.4, 0.5) is 0 Å². The van der Waals surface area contributed by atoms with E-state index in [-0.39, 0.29) is 0 Å². The van der Waals surface area contributed by atoms with Crippen LogP contribution in [0.2, 0.25) is 0 Å². The third-order valence-electron chi connectivity index (χ3n) is 2.25. The highest BCUT2D eigenvalue weighted by molar-refractivity contribution is 7.11. The number of thiazole rings is 1. The van der Waals surface area contributed by atoms with Crippen LogP contribution in [0.3, 0.4) is 0 Å². The van der Waals surface area contributed by atoms with E-state index in [1.165, 1.54) is 4.88 Å². The molecule has 2 rings (SSSR count). The zero-order chi connectivity index (χ0) is 11.4. The molecule has 2 aromatic rings. The van der Waals surface area contributed by atoms with E-state index in [1.54, 1.807) is 17.7 Å². The molecule has 0 radical (unpaired) electrons. The van der Waals surface area contributed by atoms with Crippen molar-refractivity contribution < 1.29 is 0 Å². The molecule has 0 saturated heterocycles. The smallest absolute Gasteiger partial charge is 0.140 e. The van der Waals surface area contributed by atoms with E-state index in [1.807, 2.05) is 17.8 Å². The third kappa shape index (κ3) is 2.65. The minimum atomic E-state index is 0.741. The maximum atomic E-state index is 4.21. The van der Waals surface area contributed by atoms with Crippen LogP contribution in [-0.4, -0.2) is 19.7 Å². The van der Waals surface area contributed by atoms with Gasteiger partial charge in [-0.2, -0.15) is 5.10 Å². The van der Waals surface area contributed by atoms with Gasteiger partial charge in [-0.15, -0.1) is 11.3 Å². The molecule has 0 atom stereocenters. The topological polar surface area (TPSA) is 55.6 Å². The van der Waals surface area contributed by atoms with Gasteiger partial charge in [-0.3, -0.25) is 0 Å². The zero-order valence-corrected chi connectivity index (χ0v) is 10.3. The molecule has 0 aliphatic heterocycles. The Balaban J connectivity index is 1.84. The molecule has 86 valence electrons. The highest BCUT2D eigenvalue weighted by Crippen LogP contribution is 2.10. The number of nitrogens with zero attached hydrogens (tertiary/aromatic N) is 4. The van der Waals surface area contributed by atoms with Crippen molar-refractivity contribution in [2.24, 2.45) is 0 Å². The number of rotatable bonds is 5. The Bertz CT molecular complexity index is 448. The molecule has 2 aromatic heterocycles. The number of aromatic nitrogens is 4. The summed E-state index contributed by atoms with van der Waals surface area (Å²) in [5.41, 5.74) is 0. The first kappa shape index (κ1) is 11.2. The SMILES string of the molecule is CCn1ncnc1CNCc1cnc(C)s1. The van der Waals surface area contributed by atoms with E-state index in [0.29, 0.717) is 0 Å². The van der Waals surface area contributed by atoms with Gasteiger partial charge in [-0.25, -0.2) is 14.6 Å². The molecule has 0 unspecified atom stereocenters. The predicted octanol–water partition coefficient (Wildman–Crippen LogP) is 1.35. The molecular formula is C10H15N5S. The van der Waals surface area contributed by atoms with E-state index >= 15 is 0 Å². The molecule has 0 fully saturated rings. The monoisotopic (exact) mass is 237 g/mol. The third-order valence-corrected chi connectivity index (χ3v) is 3.16. The zero-order valence-electron chi connectivity index (χ0n) is 9.47. The highest BCUT2D eigenvalue weighted by atomic mass is 32.1. The van der Waals surface area contributed by atoms with Crippen molar-refractivity contribution in [1.29, 1.82) is 0 Å². The molecule has 0 aliphatic rings. The highest BCUT2D eigenvalue weighted by Gasteiger charge is 2.02. The van der Waals surface area contributed by atoms with E-state index < -0.39 is 0 Å². The summed E-state index contributed by atoms with van der Waals surface area (Å²) in [5, 5.41) is 8.56. The lowest BCUT2D eigenvalue weighted by atomic mass is 10.5. The average Bonchev–Trinajstić information content (AvgIpc) is 2.87. The minimum Gasteiger partial charge on any atom is -0.305 e. The first-order valence-electron chi connectivity index (χ1n) is 5.28. The van der Waals surface area contributed by atoms with Gasteiger partial charge in [0, 0.05) is 24.2 Å². The Morgan fingerprint density at radius 3 is 2.94 bits per heavy atom. The fourth-order valence-electron chi connectivity index (χ4n) is 1.47. The van der Waals surface area contributed by atoms with Crippen molar-refractivity contribution in [3.8, 4) is 0 Å². The van der Waals surface area contributed by atoms with E-state index in [0.717, 1.165) is 30.5 Å². The predicted molar refractivity (Wildman–Crippen MR) is 63.1 cm³/mol. The average molecular weight is 237 g/mol. The number of hydrogen-bond acceptors (Lipinski definition) is 5. The van der Waals surface area contributed by atoms with E-state index in [2.05, 4.69) is 27.3 Å². The second-order valence-corrected chi connectivity index (χ2v) is 4.76. The van der Waals surface area contributed by atoms with Crippen LogP contribution in [-0.2, 0) is 19.6 Å². The molecule has 1 N–H and O–H groups in total.